The summed E-state index contributed by atoms with van der Waals surface area (Å²) in [7, 11) is -3.67. The summed E-state index contributed by atoms with van der Waals surface area (Å²) in [6.07, 6.45) is 0.667. The molecule has 1 aromatic rings. The average molecular weight is 289 g/mol. The van der Waals surface area contributed by atoms with E-state index >= 15 is 0 Å². The predicted octanol–water partition coefficient (Wildman–Crippen LogP) is 0.661. The van der Waals surface area contributed by atoms with Crippen molar-refractivity contribution < 1.29 is 18.3 Å². The van der Waals surface area contributed by atoms with Crippen molar-refractivity contribution in [3.63, 3.8) is 0 Å². The number of aromatic nitrogens is 2. The summed E-state index contributed by atoms with van der Waals surface area (Å²) in [4.78, 5) is 10.8. The van der Waals surface area contributed by atoms with Crippen LogP contribution in [0, 0.1) is 13.8 Å². The first kappa shape index (κ1) is 15.6. The van der Waals surface area contributed by atoms with Gasteiger partial charge >= 0.3 is 5.97 Å². The normalized spacial score (nSPS) is 13.5. The molecule has 0 bridgehead atoms. The third-order valence-electron chi connectivity index (χ3n) is 2.84. The molecule has 0 aliphatic carbocycles. The van der Waals surface area contributed by atoms with Crippen LogP contribution in [-0.2, 0) is 21.4 Å². The second kappa shape index (κ2) is 5.70. The van der Waals surface area contributed by atoms with Crippen molar-refractivity contribution in [2.45, 2.75) is 51.6 Å². The summed E-state index contributed by atoms with van der Waals surface area (Å²) in [5, 5.41) is 12.7. The lowest BCUT2D eigenvalue weighted by Gasteiger charge is -2.12. The number of aliphatic carboxylic acids is 1. The zero-order valence-corrected chi connectivity index (χ0v) is 12.3. The highest BCUT2D eigenvalue weighted by atomic mass is 32.2. The minimum absolute atomic E-state index is 0.0639. The first-order valence-corrected chi connectivity index (χ1v) is 7.45. The van der Waals surface area contributed by atoms with E-state index in [-0.39, 0.29) is 17.5 Å². The van der Waals surface area contributed by atoms with Gasteiger partial charge in [-0.1, -0.05) is 6.92 Å². The van der Waals surface area contributed by atoms with Crippen LogP contribution in [0.15, 0.2) is 4.90 Å². The van der Waals surface area contributed by atoms with E-state index in [1.54, 1.807) is 20.8 Å². The number of carboxylic acid groups (broad SMARTS) is 1. The Labute approximate surface area is 112 Å². The third-order valence-corrected chi connectivity index (χ3v) is 4.68. The molecule has 7 nitrogen and oxygen atoms in total. The van der Waals surface area contributed by atoms with Crippen LogP contribution in [0.5, 0.6) is 0 Å². The number of carbonyl (C=O) groups is 1. The summed E-state index contributed by atoms with van der Waals surface area (Å²) < 4.78 is 28.2. The molecule has 1 unspecified atom stereocenters. The molecule has 0 radical (unpaired) electrons. The standard InChI is InChI=1S/C11H19N3O4S/c1-5-7(2)13-19(17,18)11-8(3)12-14(9(11)4)6-10(15)16/h7,13H,5-6H2,1-4H3,(H,15,16). The van der Waals surface area contributed by atoms with E-state index in [9.17, 15) is 13.2 Å². The van der Waals surface area contributed by atoms with E-state index in [4.69, 9.17) is 5.11 Å². The molecule has 1 rings (SSSR count). The van der Waals surface area contributed by atoms with Crippen LogP contribution in [-0.4, -0.2) is 35.3 Å². The smallest absolute Gasteiger partial charge is 0.325 e. The van der Waals surface area contributed by atoms with Gasteiger partial charge in [-0.3, -0.25) is 9.48 Å². The minimum atomic E-state index is -3.67. The number of nitrogens with one attached hydrogen (secondary N) is 1. The summed E-state index contributed by atoms with van der Waals surface area (Å²) >= 11 is 0. The number of nitrogens with zero attached hydrogens (tertiary/aromatic N) is 2. The highest BCUT2D eigenvalue weighted by Gasteiger charge is 2.26. The predicted molar refractivity (Wildman–Crippen MR) is 69.4 cm³/mol. The van der Waals surface area contributed by atoms with E-state index < -0.39 is 16.0 Å². The van der Waals surface area contributed by atoms with E-state index in [1.807, 2.05) is 6.92 Å². The molecular formula is C11H19N3O4S. The van der Waals surface area contributed by atoms with Crippen LogP contribution in [0.3, 0.4) is 0 Å². The van der Waals surface area contributed by atoms with Gasteiger partial charge in [-0.25, -0.2) is 13.1 Å². The van der Waals surface area contributed by atoms with Gasteiger partial charge in [0.05, 0.1) is 11.4 Å². The molecule has 0 saturated carbocycles. The molecule has 0 aromatic carbocycles. The lowest BCUT2D eigenvalue weighted by molar-refractivity contribution is -0.137. The van der Waals surface area contributed by atoms with E-state index in [0.29, 0.717) is 17.8 Å². The summed E-state index contributed by atoms with van der Waals surface area (Å²) in [6.45, 7) is 6.39. The van der Waals surface area contributed by atoms with Crippen molar-refractivity contribution in [3.05, 3.63) is 11.4 Å². The molecule has 19 heavy (non-hydrogen) atoms. The molecule has 1 heterocycles. The van der Waals surface area contributed by atoms with Crippen LogP contribution in [0.1, 0.15) is 31.7 Å². The van der Waals surface area contributed by atoms with Gasteiger partial charge in [-0.05, 0) is 27.2 Å². The average Bonchev–Trinajstić information content (AvgIpc) is 2.52. The molecule has 0 aliphatic heterocycles. The Bertz CT molecular complexity index is 577. The van der Waals surface area contributed by atoms with E-state index in [1.165, 1.54) is 4.68 Å². The maximum Gasteiger partial charge on any atom is 0.325 e. The number of carboxylic acids is 1. The first-order chi connectivity index (χ1) is 8.69. The second-order valence-corrected chi connectivity index (χ2v) is 6.13. The highest BCUT2D eigenvalue weighted by Crippen LogP contribution is 2.19. The quantitative estimate of drug-likeness (QED) is 0.801. The van der Waals surface area contributed by atoms with Crippen molar-refractivity contribution >= 4 is 16.0 Å². The van der Waals surface area contributed by atoms with Gasteiger partial charge in [0.25, 0.3) is 0 Å². The Balaban J connectivity index is 3.20. The largest absolute Gasteiger partial charge is 0.480 e. The van der Waals surface area contributed by atoms with Crippen molar-refractivity contribution in [1.29, 1.82) is 0 Å². The SMILES string of the molecule is CCC(C)NS(=O)(=O)c1c(C)nn(CC(=O)O)c1C. The number of hydrogen-bond acceptors (Lipinski definition) is 4. The zero-order valence-electron chi connectivity index (χ0n) is 11.5. The number of rotatable bonds is 6. The summed E-state index contributed by atoms with van der Waals surface area (Å²) in [5.74, 6) is -1.07. The van der Waals surface area contributed by atoms with Crippen LogP contribution in [0.2, 0.25) is 0 Å². The van der Waals surface area contributed by atoms with Crippen molar-refractivity contribution in [2.75, 3.05) is 0 Å². The Morgan fingerprint density at radius 2 is 2.05 bits per heavy atom. The van der Waals surface area contributed by atoms with Crippen LogP contribution in [0.25, 0.3) is 0 Å². The van der Waals surface area contributed by atoms with Crippen LogP contribution >= 0.6 is 0 Å². The lowest BCUT2D eigenvalue weighted by atomic mass is 10.3. The summed E-state index contributed by atoms with van der Waals surface area (Å²) in [5.41, 5.74) is 0.630. The fourth-order valence-electron chi connectivity index (χ4n) is 1.76. The molecule has 0 aliphatic rings. The third kappa shape index (κ3) is 3.54. The molecule has 0 amide bonds. The molecule has 108 valence electrons. The molecule has 0 spiro atoms. The Hall–Kier alpha value is -1.41. The van der Waals surface area contributed by atoms with Gasteiger partial charge in [0, 0.05) is 6.04 Å². The Morgan fingerprint density at radius 3 is 2.53 bits per heavy atom. The zero-order chi connectivity index (χ0) is 14.8. The van der Waals surface area contributed by atoms with Crippen molar-refractivity contribution in [2.24, 2.45) is 0 Å². The Kier molecular flexibility index (Phi) is 4.70. The topological polar surface area (TPSA) is 101 Å². The van der Waals surface area contributed by atoms with Crippen LogP contribution < -0.4 is 4.72 Å². The van der Waals surface area contributed by atoms with Gasteiger partial charge in [0.2, 0.25) is 10.0 Å². The molecule has 2 N–H and O–H groups in total. The molecule has 0 fully saturated rings. The molecular weight excluding hydrogens is 270 g/mol. The van der Waals surface area contributed by atoms with Gasteiger partial charge < -0.3 is 5.11 Å². The van der Waals surface area contributed by atoms with Crippen molar-refractivity contribution in [3.8, 4) is 0 Å². The first-order valence-electron chi connectivity index (χ1n) is 5.97. The maximum atomic E-state index is 12.2. The molecule has 1 aromatic heterocycles. The Morgan fingerprint density at radius 1 is 1.47 bits per heavy atom. The number of sulfonamides is 1. The number of aryl methyl sites for hydroxylation is 1. The van der Waals surface area contributed by atoms with Crippen LogP contribution in [0.4, 0.5) is 0 Å². The molecule has 0 saturated heterocycles. The van der Waals surface area contributed by atoms with Gasteiger partial charge in [-0.2, -0.15) is 5.10 Å². The fourth-order valence-corrected chi connectivity index (χ4v) is 3.50. The fraction of sp³-hybridized carbons (Fsp3) is 0.636. The maximum absolute atomic E-state index is 12.2. The van der Waals surface area contributed by atoms with Gasteiger partial charge in [0.1, 0.15) is 11.4 Å². The highest BCUT2D eigenvalue weighted by molar-refractivity contribution is 7.89. The van der Waals surface area contributed by atoms with Gasteiger partial charge in [0.15, 0.2) is 0 Å². The van der Waals surface area contributed by atoms with E-state index in [0.717, 1.165) is 0 Å². The lowest BCUT2D eigenvalue weighted by Crippen LogP contribution is -2.32. The second-order valence-electron chi connectivity index (χ2n) is 4.48. The van der Waals surface area contributed by atoms with E-state index in [2.05, 4.69) is 9.82 Å². The molecule has 1 atom stereocenters. The minimum Gasteiger partial charge on any atom is -0.480 e. The number of hydrogen-bond donors (Lipinski definition) is 2. The monoisotopic (exact) mass is 289 g/mol. The van der Waals surface area contributed by atoms with Crippen molar-refractivity contribution in [1.82, 2.24) is 14.5 Å². The summed E-state index contributed by atoms with van der Waals surface area (Å²) in [6, 6.07) is -0.188. The van der Waals surface area contributed by atoms with Gasteiger partial charge in [-0.15, -0.1) is 0 Å². The molecule has 8 heteroatoms.